The molecule has 1 aliphatic heterocycles. The summed E-state index contributed by atoms with van der Waals surface area (Å²) in [5.41, 5.74) is 1.86. The van der Waals surface area contributed by atoms with Gasteiger partial charge in [-0.3, -0.25) is 9.78 Å². The third-order valence-electron chi connectivity index (χ3n) is 4.16. The van der Waals surface area contributed by atoms with Crippen LogP contribution in [0.2, 0.25) is 0 Å². The molecule has 0 saturated carbocycles. The highest BCUT2D eigenvalue weighted by atomic mass is 16.5. The van der Waals surface area contributed by atoms with Crippen molar-refractivity contribution in [1.82, 2.24) is 20.1 Å². The van der Waals surface area contributed by atoms with Gasteiger partial charge in [0, 0.05) is 38.8 Å². The summed E-state index contributed by atoms with van der Waals surface area (Å²) >= 11 is 0. The van der Waals surface area contributed by atoms with Crippen LogP contribution in [-0.4, -0.2) is 66.6 Å². The Hall–Kier alpha value is -2.67. The van der Waals surface area contributed by atoms with Crippen molar-refractivity contribution >= 4 is 22.8 Å². The van der Waals surface area contributed by atoms with Gasteiger partial charge < -0.3 is 19.9 Å². The van der Waals surface area contributed by atoms with Crippen LogP contribution in [0.5, 0.6) is 0 Å². The quantitative estimate of drug-likeness (QED) is 0.910. The molecule has 7 heteroatoms. The van der Waals surface area contributed by atoms with Gasteiger partial charge >= 0.3 is 6.03 Å². The fourth-order valence-corrected chi connectivity index (χ4v) is 2.77. The minimum absolute atomic E-state index is 0.128. The number of para-hydroxylation sites is 1. The lowest BCUT2D eigenvalue weighted by Crippen LogP contribution is -2.53. The van der Waals surface area contributed by atoms with Crippen molar-refractivity contribution in [2.45, 2.75) is 12.6 Å². The van der Waals surface area contributed by atoms with Crippen molar-refractivity contribution < 1.29 is 14.3 Å². The molecule has 0 unspecified atom stereocenters. The second kappa shape index (κ2) is 7.48. The minimum Gasteiger partial charge on any atom is -0.365 e. The van der Waals surface area contributed by atoms with Crippen molar-refractivity contribution in [3.8, 4) is 0 Å². The van der Waals surface area contributed by atoms with Crippen LogP contribution in [0.4, 0.5) is 4.79 Å². The molecule has 7 nitrogen and oxygen atoms in total. The Bertz CT molecular complexity index is 778. The number of aromatic nitrogens is 1. The van der Waals surface area contributed by atoms with E-state index in [1.54, 1.807) is 25.2 Å². The number of hydrogen-bond acceptors (Lipinski definition) is 4. The number of rotatable bonds is 3. The molecular weight excluding hydrogens is 320 g/mol. The number of nitrogens with one attached hydrogen (secondary N) is 1. The van der Waals surface area contributed by atoms with Crippen LogP contribution in [-0.2, 0) is 16.1 Å². The summed E-state index contributed by atoms with van der Waals surface area (Å²) in [6.45, 7) is 1.48. The Morgan fingerprint density at radius 2 is 2.16 bits per heavy atom. The van der Waals surface area contributed by atoms with Crippen LogP contribution in [0, 0.1) is 0 Å². The molecule has 0 radical (unpaired) electrons. The number of pyridine rings is 1. The number of amides is 3. The zero-order valence-corrected chi connectivity index (χ0v) is 14.4. The molecular formula is C18H22N4O3. The normalized spacial score (nSPS) is 17.4. The number of carbonyl (C=O) groups is 2. The summed E-state index contributed by atoms with van der Waals surface area (Å²) in [6, 6.07) is 9.66. The van der Waals surface area contributed by atoms with E-state index in [4.69, 9.17) is 4.74 Å². The van der Waals surface area contributed by atoms with Gasteiger partial charge in [-0.05, 0) is 17.7 Å². The van der Waals surface area contributed by atoms with E-state index in [2.05, 4.69) is 10.3 Å². The number of ether oxygens (including phenoxy) is 1. The van der Waals surface area contributed by atoms with E-state index in [1.807, 2.05) is 30.3 Å². The van der Waals surface area contributed by atoms with Gasteiger partial charge in [-0.25, -0.2) is 4.79 Å². The van der Waals surface area contributed by atoms with E-state index in [9.17, 15) is 9.59 Å². The summed E-state index contributed by atoms with van der Waals surface area (Å²) in [4.78, 5) is 31.9. The maximum Gasteiger partial charge on any atom is 0.317 e. The SMILES string of the molecule is CN(C)C(=O)[C@H]1CN(C(=O)NCc2cnc3ccccc3c2)CCO1. The highest BCUT2D eigenvalue weighted by molar-refractivity contribution is 5.82. The maximum atomic E-state index is 12.4. The van der Waals surface area contributed by atoms with Crippen LogP contribution >= 0.6 is 0 Å². The third-order valence-corrected chi connectivity index (χ3v) is 4.16. The monoisotopic (exact) mass is 342 g/mol. The van der Waals surface area contributed by atoms with Gasteiger partial charge in [0.05, 0.1) is 18.7 Å². The summed E-state index contributed by atoms with van der Waals surface area (Å²) in [7, 11) is 3.36. The van der Waals surface area contributed by atoms with Gasteiger partial charge in [0.2, 0.25) is 0 Å². The van der Waals surface area contributed by atoms with Gasteiger partial charge in [-0.1, -0.05) is 18.2 Å². The number of carbonyl (C=O) groups excluding carboxylic acids is 2. The number of hydrogen-bond donors (Lipinski definition) is 1. The standard InChI is InChI=1S/C18H22N4O3/c1-21(2)17(23)16-12-22(7-8-25-16)18(24)20-11-13-9-14-5-3-4-6-15(14)19-10-13/h3-6,9-10,16H,7-8,11-12H2,1-2H3,(H,20,24)/t16-/m1/s1. The van der Waals surface area contributed by atoms with E-state index in [-0.39, 0.29) is 18.5 Å². The van der Waals surface area contributed by atoms with Crippen LogP contribution in [0.25, 0.3) is 10.9 Å². The fraction of sp³-hybridized carbons (Fsp3) is 0.389. The minimum atomic E-state index is -0.600. The number of fused-ring (bicyclic) bond motifs is 1. The average Bonchev–Trinajstić information content (AvgIpc) is 2.65. The molecule has 1 saturated heterocycles. The summed E-state index contributed by atoms with van der Waals surface area (Å²) < 4.78 is 5.47. The zero-order valence-electron chi connectivity index (χ0n) is 14.4. The number of urea groups is 1. The van der Waals surface area contributed by atoms with Crippen LogP contribution in [0.3, 0.4) is 0 Å². The zero-order chi connectivity index (χ0) is 17.8. The molecule has 1 N–H and O–H groups in total. The lowest BCUT2D eigenvalue weighted by Gasteiger charge is -2.33. The third kappa shape index (κ3) is 4.06. The maximum absolute atomic E-state index is 12.4. The number of benzene rings is 1. The molecule has 1 atom stereocenters. The predicted octanol–water partition coefficient (Wildman–Crippen LogP) is 1.23. The number of likely N-dealkylation sites (N-methyl/N-ethyl adjacent to an activating group) is 1. The van der Waals surface area contributed by atoms with Crippen molar-refractivity contribution in [1.29, 1.82) is 0 Å². The largest absolute Gasteiger partial charge is 0.365 e. The van der Waals surface area contributed by atoms with E-state index in [1.165, 1.54) is 4.90 Å². The molecule has 3 amide bonds. The smallest absolute Gasteiger partial charge is 0.317 e. The van der Waals surface area contributed by atoms with Crippen LogP contribution < -0.4 is 5.32 Å². The van der Waals surface area contributed by atoms with E-state index in [0.29, 0.717) is 19.7 Å². The second-order valence-electron chi connectivity index (χ2n) is 6.23. The lowest BCUT2D eigenvalue weighted by atomic mass is 10.1. The van der Waals surface area contributed by atoms with Gasteiger partial charge in [0.25, 0.3) is 5.91 Å². The van der Waals surface area contributed by atoms with Gasteiger partial charge in [0.1, 0.15) is 0 Å². The number of morpholine rings is 1. The molecule has 1 fully saturated rings. The van der Waals surface area contributed by atoms with Crippen molar-refractivity contribution in [2.24, 2.45) is 0 Å². The van der Waals surface area contributed by atoms with Gasteiger partial charge in [0.15, 0.2) is 6.10 Å². The molecule has 132 valence electrons. The molecule has 0 aliphatic carbocycles. The molecule has 2 aromatic rings. The Kier molecular flexibility index (Phi) is 5.14. The Morgan fingerprint density at radius 1 is 1.36 bits per heavy atom. The van der Waals surface area contributed by atoms with E-state index < -0.39 is 6.10 Å². The summed E-state index contributed by atoms with van der Waals surface area (Å²) in [5.74, 6) is -0.128. The highest BCUT2D eigenvalue weighted by Gasteiger charge is 2.30. The number of nitrogens with zero attached hydrogens (tertiary/aromatic N) is 3. The van der Waals surface area contributed by atoms with Gasteiger partial charge in [-0.2, -0.15) is 0 Å². The molecule has 25 heavy (non-hydrogen) atoms. The first-order valence-electron chi connectivity index (χ1n) is 8.24. The Labute approximate surface area is 146 Å². The average molecular weight is 342 g/mol. The van der Waals surface area contributed by atoms with Crippen LogP contribution in [0.1, 0.15) is 5.56 Å². The van der Waals surface area contributed by atoms with E-state index >= 15 is 0 Å². The van der Waals surface area contributed by atoms with Gasteiger partial charge in [-0.15, -0.1) is 0 Å². The van der Waals surface area contributed by atoms with Crippen molar-refractivity contribution in [3.63, 3.8) is 0 Å². The first kappa shape index (κ1) is 17.2. The molecule has 2 heterocycles. The fourth-order valence-electron chi connectivity index (χ4n) is 2.77. The lowest BCUT2D eigenvalue weighted by molar-refractivity contribution is -0.145. The van der Waals surface area contributed by atoms with Crippen molar-refractivity contribution in [2.75, 3.05) is 33.8 Å². The highest BCUT2D eigenvalue weighted by Crippen LogP contribution is 2.13. The molecule has 1 aromatic heterocycles. The molecule has 0 bridgehead atoms. The topological polar surface area (TPSA) is 74.8 Å². The van der Waals surface area contributed by atoms with Crippen LogP contribution in [0.15, 0.2) is 36.5 Å². The van der Waals surface area contributed by atoms with Crippen molar-refractivity contribution in [3.05, 3.63) is 42.1 Å². The molecule has 1 aliphatic rings. The Morgan fingerprint density at radius 3 is 2.96 bits per heavy atom. The summed E-state index contributed by atoms with van der Waals surface area (Å²) in [6.07, 6.45) is 1.16. The first-order chi connectivity index (χ1) is 12.0. The first-order valence-corrected chi connectivity index (χ1v) is 8.24. The van der Waals surface area contributed by atoms with E-state index in [0.717, 1.165) is 16.5 Å². The Balaban J connectivity index is 1.58. The second-order valence-corrected chi connectivity index (χ2v) is 6.23. The summed E-state index contributed by atoms with van der Waals surface area (Å²) in [5, 5.41) is 3.93. The molecule has 1 aromatic carbocycles. The molecule has 3 rings (SSSR count). The predicted molar refractivity (Wildman–Crippen MR) is 94.0 cm³/mol. The molecule has 0 spiro atoms.